The Hall–Kier alpha value is -0.910. The van der Waals surface area contributed by atoms with Gasteiger partial charge in [-0.1, -0.05) is 39.8 Å². The fourth-order valence-electron chi connectivity index (χ4n) is 1.71. The van der Waals surface area contributed by atoms with Gasteiger partial charge in [0.1, 0.15) is 0 Å². The van der Waals surface area contributed by atoms with Crippen molar-refractivity contribution in [2.45, 2.75) is 39.0 Å². The molecule has 114 valence electrons. The molecule has 0 amide bonds. The molecule has 0 aliphatic heterocycles. The van der Waals surface area contributed by atoms with Crippen molar-refractivity contribution >= 4 is 10.0 Å². The van der Waals surface area contributed by atoms with Crippen molar-refractivity contribution < 1.29 is 13.5 Å². The Morgan fingerprint density at radius 2 is 1.75 bits per heavy atom. The van der Waals surface area contributed by atoms with Gasteiger partial charge in [-0.15, -0.1) is 0 Å². The second-order valence-electron chi connectivity index (χ2n) is 6.39. The highest BCUT2D eigenvalue weighted by Crippen LogP contribution is 2.16. The van der Waals surface area contributed by atoms with Crippen LogP contribution in [-0.4, -0.2) is 26.7 Å². The summed E-state index contributed by atoms with van der Waals surface area (Å²) in [6.45, 7) is 8.01. The van der Waals surface area contributed by atoms with Crippen LogP contribution in [0.25, 0.3) is 0 Å². The number of nitrogens with one attached hydrogen (secondary N) is 1. The van der Waals surface area contributed by atoms with E-state index in [4.69, 9.17) is 5.11 Å². The van der Waals surface area contributed by atoms with Gasteiger partial charge in [0.25, 0.3) is 0 Å². The summed E-state index contributed by atoms with van der Waals surface area (Å²) in [7, 11) is -3.51. The average molecular weight is 299 g/mol. The van der Waals surface area contributed by atoms with Crippen LogP contribution in [0.5, 0.6) is 0 Å². The standard InChI is InChI=1S/C15H25NO3S/c1-12(2)9-13-5-7-14(8-6-13)20(18,19)16-10-15(3,4)11-17/h5-8,12,16-17H,9-11H2,1-4H3. The van der Waals surface area contributed by atoms with E-state index in [0.29, 0.717) is 5.92 Å². The van der Waals surface area contributed by atoms with Crippen LogP contribution in [0.15, 0.2) is 29.2 Å². The molecule has 2 N–H and O–H groups in total. The van der Waals surface area contributed by atoms with Crippen molar-refractivity contribution in [3.05, 3.63) is 29.8 Å². The van der Waals surface area contributed by atoms with Crippen molar-refractivity contribution in [1.29, 1.82) is 0 Å². The van der Waals surface area contributed by atoms with Crippen LogP contribution in [0, 0.1) is 11.3 Å². The molecule has 4 nitrogen and oxygen atoms in total. The molecule has 0 saturated carbocycles. The van der Waals surface area contributed by atoms with Crippen LogP contribution in [0.1, 0.15) is 33.3 Å². The molecule has 0 aliphatic carbocycles. The normalized spacial score (nSPS) is 12.9. The third-order valence-electron chi connectivity index (χ3n) is 3.05. The first kappa shape index (κ1) is 17.1. The van der Waals surface area contributed by atoms with E-state index in [1.54, 1.807) is 26.0 Å². The lowest BCUT2D eigenvalue weighted by atomic mass is 9.96. The molecular weight excluding hydrogens is 274 g/mol. The van der Waals surface area contributed by atoms with Gasteiger partial charge in [-0.25, -0.2) is 13.1 Å². The Labute approximate surface area is 122 Å². The zero-order chi connectivity index (χ0) is 15.4. The number of hydrogen-bond donors (Lipinski definition) is 2. The fourth-order valence-corrected chi connectivity index (χ4v) is 2.95. The third-order valence-corrected chi connectivity index (χ3v) is 4.46. The van der Waals surface area contributed by atoms with E-state index in [1.807, 2.05) is 12.1 Å². The van der Waals surface area contributed by atoms with Gasteiger partial charge in [-0.05, 0) is 30.0 Å². The zero-order valence-electron chi connectivity index (χ0n) is 12.7. The smallest absolute Gasteiger partial charge is 0.240 e. The van der Waals surface area contributed by atoms with Crippen LogP contribution in [-0.2, 0) is 16.4 Å². The number of hydrogen-bond acceptors (Lipinski definition) is 3. The van der Waals surface area contributed by atoms with Crippen LogP contribution in [0.3, 0.4) is 0 Å². The first-order chi connectivity index (χ1) is 9.16. The van der Waals surface area contributed by atoms with Gasteiger partial charge in [0.2, 0.25) is 10.0 Å². The maximum Gasteiger partial charge on any atom is 0.240 e. The van der Waals surface area contributed by atoms with Gasteiger partial charge < -0.3 is 5.11 Å². The van der Waals surface area contributed by atoms with E-state index < -0.39 is 15.4 Å². The first-order valence-corrected chi connectivity index (χ1v) is 8.34. The minimum atomic E-state index is -3.51. The van der Waals surface area contributed by atoms with E-state index in [9.17, 15) is 8.42 Å². The highest BCUT2D eigenvalue weighted by Gasteiger charge is 2.21. The molecule has 0 bridgehead atoms. The molecular formula is C15H25NO3S. The summed E-state index contributed by atoms with van der Waals surface area (Å²) < 4.78 is 26.8. The highest BCUT2D eigenvalue weighted by atomic mass is 32.2. The predicted octanol–water partition coefficient (Wildman–Crippen LogP) is 2.18. The maximum atomic E-state index is 12.1. The summed E-state index contributed by atoms with van der Waals surface area (Å²) >= 11 is 0. The fraction of sp³-hybridized carbons (Fsp3) is 0.600. The molecule has 0 aliphatic rings. The summed E-state index contributed by atoms with van der Waals surface area (Å²) in [6, 6.07) is 6.97. The summed E-state index contributed by atoms with van der Waals surface area (Å²) in [4.78, 5) is 0.263. The Kier molecular flexibility index (Phi) is 5.74. The summed E-state index contributed by atoms with van der Waals surface area (Å²) in [5.74, 6) is 0.543. The van der Waals surface area contributed by atoms with Gasteiger partial charge in [-0.2, -0.15) is 0 Å². The summed E-state index contributed by atoms with van der Waals surface area (Å²) in [5.41, 5.74) is 0.666. The van der Waals surface area contributed by atoms with Crippen molar-refractivity contribution in [1.82, 2.24) is 4.72 Å². The van der Waals surface area contributed by atoms with Gasteiger partial charge in [-0.3, -0.25) is 0 Å². The van der Waals surface area contributed by atoms with Crippen LogP contribution in [0.2, 0.25) is 0 Å². The second-order valence-corrected chi connectivity index (χ2v) is 8.16. The first-order valence-electron chi connectivity index (χ1n) is 6.86. The molecule has 0 heterocycles. The van der Waals surface area contributed by atoms with Crippen molar-refractivity contribution in [3.63, 3.8) is 0 Å². The minimum absolute atomic E-state index is 0.0666. The molecule has 0 unspecified atom stereocenters. The number of aliphatic hydroxyl groups is 1. The molecule has 1 aromatic rings. The molecule has 20 heavy (non-hydrogen) atoms. The number of aliphatic hydroxyl groups excluding tert-OH is 1. The second kappa shape index (κ2) is 6.70. The van der Waals surface area contributed by atoms with Crippen LogP contribution >= 0.6 is 0 Å². The molecule has 0 saturated heterocycles. The Balaban J connectivity index is 2.78. The third kappa shape index (κ3) is 5.23. The molecule has 0 aromatic heterocycles. The average Bonchev–Trinajstić information content (AvgIpc) is 2.37. The van der Waals surface area contributed by atoms with E-state index in [0.717, 1.165) is 12.0 Å². The lowest BCUT2D eigenvalue weighted by Gasteiger charge is -2.21. The zero-order valence-corrected chi connectivity index (χ0v) is 13.5. The van der Waals surface area contributed by atoms with Gasteiger partial charge >= 0.3 is 0 Å². The van der Waals surface area contributed by atoms with Crippen LogP contribution < -0.4 is 4.72 Å². The SMILES string of the molecule is CC(C)Cc1ccc(S(=O)(=O)NCC(C)(C)CO)cc1. The molecule has 1 rings (SSSR count). The summed E-state index contributed by atoms with van der Waals surface area (Å²) in [6.07, 6.45) is 0.936. The lowest BCUT2D eigenvalue weighted by Crippen LogP contribution is -2.36. The van der Waals surface area contributed by atoms with Gasteiger partial charge in [0, 0.05) is 18.6 Å². The van der Waals surface area contributed by atoms with E-state index in [-0.39, 0.29) is 18.0 Å². The maximum absolute atomic E-state index is 12.1. The molecule has 5 heteroatoms. The van der Waals surface area contributed by atoms with E-state index in [1.165, 1.54) is 0 Å². The Morgan fingerprint density at radius 3 is 2.20 bits per heavy atom. The number of rotatable bonds is 7. The number of benzene rings is 1. The monoisotopic (exact) mass is 299 g/mol. The number of sulfonamides is 1. The highest BCUT2D eigenvalue weighted by molar-refractivity contribution is 7.89. The summed E-state index contributed by atoms with van der Waals surface area (Å²) in [5, 5.41) is 9.15. The molecule has 0 spiro atoms. The molecule has 0 atom stereocenters. The topological polar surface area (TPSA) is 66.4 Å². The Morgan fingerprint density at radius 1 is 1.20 bits per heavy atom. The van der Waals surface area contributed by atoms with Crippen molar-refractivity contribution in [2.75, 3.05) is 13.2 Å². The van der Waals surface area contributed by atoms with E-state index >= 15 is 0 Å². The largest absolute Gasteiger partial charge is 0.396 e. The predicted molar refractivity (Wildman–Crippen MR) is 81.0 cm³/mol. The van der Waals surface area contributed by atoms with Crippen molar-refractivity contribution in [2.24, 2.45) is 11.3 Å². The van der Waals surface area contributed by atoms with Crippen LogP contribution in [0.4, 0.5) is 0 Å². The molecule has 0 radical (unpaired) electrons. The molecule has 1 aromatic carbocycles. The van der Waals surface area contributed by atoms with E-state index in [2.05, 4.69) is 18.6 Å². The van der Waals surface area contributed by atoms with Gasteiger partial charge in [0.05, 0.1) is 4.90 Å². The Bertz CT molecular complexity index is 519. The lowest BCUT2D eigenvalue weighted by molar-refractivity contribution is 0.163. The minimum Gasteiger partial charge on any atom is -0.396 e. The quantitative estimate of drug-likeness (QED) is 0.811. The van der Waals surface area contributed by atoms with Crippen molar-refractivity contribution in [3.8, 4) is 0 Å². The molecule has 0 fully saturated rings. The van der Waals surface area contributed by atoms with Gasteiger partial charge in [0.15, 0.2) is 0 Å².